The van der Waals surface area contributed by atoms with Crippen molar-refractivity contribution in [1.82, 2.24) is 0 Å². The summed E-state index contributed by atoms with van der Waals surface area (Å²) in [5, 5.41) is 0.625. The summed E-state index contributed by atoms with van der Waals surface area (Å²) >= 11 is 6.85. The van der Waals surface area contributed by atoms with Gasteiger partial charge in [0.1, 0.15) is 0 Å². The van der Waals surface area contributed by atoms with E-state index in [1.54, 1.807) is 48.5 Å². The number of alkyl halides is 2. The standard InChI is InChI=1S/C18H19Br2NO4S/c1-25-18(22)15-9-7-14(8-10-15)13-26(23,24)21(12-16(20)11-19)17-5-3-2-4-6-17/h2-10,16H,11-13H2,1H3. The van der Waals surface area contributed by atoms with Crippen molar-refractivity contribution in [2.24, 2.45) is 0 Å². The highest BCUT2D eigenvalue weighted by atomic mass is 79.9. The Morgan fingerprint density at radius 2 is 1.73 bits per heavy atom. The van der Waals surface area contributed by atoms with Crippen LogP contribution < -0.4 is 4.31 Å². The van der Waals surface area contributed by atoms with Crippen molar-refractivity contribution < 1.29 is 17.9 Å². The molecule has 2 aromatic rings. The number of hydrogen-bond acceptors (Lipinski definition) is 4. The second-order valence-corrected chi connectivity index (χ2v) is 9.40. The summed E-state index contributed by atoms with van der Waals surface area (Å²) in [6.07, 6.45) is 0. The molecule has 0 radical (unpaired) electrons. The van der Waals surface area contributed by atoms with Gasteiger partial charge >= 0.3 is 5.97 Å². The van der Waals surface area contributed by atoms with Gasteiger partial charge in [-0.3, -0.25) is 4.31 Å². The summed E-state index contributed by atoms with van der Waals surface area (Å²) in [6.45, 7) is 0.303. The summed E-state index contributed by atoms with van der Waals surface area (Å²) in [7, 11) is -2.30. The minimum Gasteiger partial charge on any atom is -0.465 e. The fourth-order valence-electron chi connectivity index (χ4n) is 2.35. The Morgan fingerprint density at radius 3 is 2.27 bits per heavy atom. The Labute approximate surface area is 170 Å². The molecule has 0 saturated carbocycles. The molecule has 0 N–H and O–H groups in total. The van der Waals surface area contributed by atoms with Crippen molar-refractivity contribution >= 4 is 53.5 Å². The van der Waals surface area contributed by atoms with Crippen LogP contribution in [0.4, 0.5) is 5.69 Å². The van der Waals surface area contributed by atoms with Crippen LogP contribution in [0.1, 0.15) is 15.9 Å². The van der Waals surface area contributed by atoms with E-state index >= 15 is 0 Å². The molecule has 0 aromatic heterocycles. The number of methoxy groups -OCH3 is 1. The van der Waals surface area contributed by atoms with Gasteiger partial charge in [-0.1, -0.05) is 62.2 Å². The molecule has 0 bridgehead atoms. The lowest BCUT2D eigenvalue weighted by molar-refractivity contribution is 0.0600. The average Bonchev–Trinajstić information content (AvgIpc) is 2.66. The van der Waals surface area contributed by atoms with E-state index < -0.39 is 16.0 Å². The lowest BCUT2D eigenvalue weighted by atomic mass is 10.1. The Balaban J connectivity index is 2.27. The van der Waals surface area contributed by atoms with Crippen molar-refractivity contribution in [2.75, 3.05) is 23.3 Å². The molecule has 0 aliphatic heterocycles. The van der Waals surface area contributed by atoms with Crippen molar-refractivity contribution in [3.05, 3.63) is 65.7 Å². The van der Waals surface area contributed by atoms with E-state index in [0.29, 0.717) is 28.7 Å². The number of hydrogen-bond donors (Lipinski definition) is 0. The molecule has 8 heteroatoms. The second kappa shape index (κ2) is 9.53. The van der Waals surface area contributed by atoms with E-state index in [0.717, 1.165) is 0 Å². The summed E-state index contributed by atoms with van der Waals surface area (Å²) < 4.78 is 32.1. The highest BCUT2D eigenvalue weighted by molar-refractivity contribution is 9.12. The average molecular weight is 505 g/mol. The zero-order chi connectivity index (χ0) is 19.2. The van der Waals surface area contributed by atoms with E-state index in [1.165, 1.54) is 11.4 Å². The topological polar surface area (TPSA) is 63.7 Å². The first-order valence-corrected chi connectivity index (χ1v) is 11.4. The number of carbonyl (C=O) groups is 1. The van der Waals surface area contributed by atoms with E-state index in [1.807, 2.05) is 6.07 Å². The van der Waals surface area contributed by atoms with Crippen molar-refractivity contribution in [3.63, 3.8) is 0 Å². The van der Waals surface area contributed by atoms with Crippen LogP contribution in [0, 0.1) is 0 Å². The minimum absolute atomic E-state index is 0.0285. The van der Waals surface area contributed by atoms with E-state index in [2.05, 4.69) is 36.6 Å². The molecule has 140 valence electrons. The first-order chi connectivity index (χ1) is 12.4. The van der Waals surface area contributed by atoms with Crippen LogP contribution in [0.15, 0.2) is 54.6 Å². The number of para-hydroxylation sites is 1. The second-order valence-electron chi connectivity index (χ2n) is 5.56. The van der Waals surface area contributed by atoms with Gasteiger partial charge in [0, 0.05) is 16.7 Å². The van der Waals surface area contributed by atoms with Gasteiger partial charge in [-0.25, -0.2) is 13.2 Å². The number of esters is 1. The maximum absolute atomic E-state index is 13.0. The molecule has 1 atom stereocenters. The molecule has 0 spiro atoms. The molecular formula is C18H19Br2NO4S. The lowest BCUT2D eigenvalue weighted by Gasteiger charge is -2.26. The van der Waals surface area contributed by atoms with Gasteiger partial charge < -0.3 is 4.74 Å². The predicted molar refractivity (Wildman–Crippen MR) is 111 cm³/mol. The van der Waals surface area contributed by atoms with Gasteiger partial charge in [-0.15, -0.1) is 0 Å². The van der Waals surface area contributed by atoms with Crippen LogP contribution in [0.5, 0.6) is 0 Å². The van der Waals surface area contributed by atoms with Gasteiger partial charge in [-0.2, -0.15) is 0 Å². The fraction of sp³-hybridized carbons (Fsp3) is 0.278. The normalized spacial score (nSPS) is 12.4. The molecule has 26 heavy (non-hydrogen) atoms. The van der Waals surface area contributed by atoms with Gasteiger partial charge in [-0.05, 0) is 29.8 Å². The number of anilines is 1. The number of rotatable bonds is 8. The largest absolute Gasteiger partial charge is 0.465 e. The van der Waals surface area contributed by atoms with Crippen LogP contribution in [-0.2, 0) is 20.5 Å². The molecule has 0 fully saturated rings. The maximum Gasteiger partial charge on any atom is 0.337 e. The number of benzene rings is 2. The number of halogens is 2. The molecular weight excluding hydrogens is 486 g/mol. The molecule has 0 amide bonds. The zero-order valence-corrected chi connectivity index (χ0v) is 18.1. The van der Waals surface area contributed by atoms with Crippen LogP contribution in [0.2, 0.25) is 0 Å². The maximum atomic E-state index is 13.0. The van der Waals surface area contributed by atoms with Gasteiger partial charge in [0.05, 0.1) is 24.1 Å². The van der Waals surface area contributed by atoms with Crippen molar-refractivity contribution in [3.8, 4) is 0 Å². The first kappa shape index (κ1) is 20.9. The SMILES string of the molecule is COC(=O)c1ccc(CS(=O)(=O)N(CC(Br)CBr)c2ccccc2)cc1. The minimum atomic E-state index is -3.61. The molecule has 0 aliphatic rings. The Hall–Kier alpha value is -1.38. The molecule has 2 rings (SSSR count). The number of ether oxygens (including phenoxy) is 1. The van der Waals surface area contributed by atoms with Crippen molar-refractivity contribution in [1.29, 1.82) is 0 Å². The smallest absolute Gasteiger partial charge is 0.337 e. The molecule has 2 aromatic carbocycles. The van der Waals surface area contributed by atoms with E-state index in [4.69, 9.17) is 0 Å². The Bertz CT molecular complexity index is 826. The van der Waals surface area contributed by atoms with Crippen LogP contribution in [0.3, 0.4) is 0 Å². The van der Waals surface area contributed by atoms with Crippen LogP contribution in [0.25, 0.3) is 0 Å². The monoisotopic (exact) mass is 503 g/mol. The Morgan fingerprint density at radius 1 is 1.12 bits per heavy atom. The molecule has 0 heterocycles. The molecule has 0 saturated heterocycles. The number of nitrogens with zero attached hydrogens (tertiary/aromatic N) is 1. The fourth-order valence-corrected chi connectivity index (χ4v) is 4.65. The number of carbonyl (C=O) groups excluding carboxylic acids is 1. The molecule has 5 nitrogen and oxygen atoms in total. The van der Waals surface area contributed by atoms with Crippen LogP contribution >= 0.6 is 31.9 Å². The number of sulfonamides is 1. The summed E-state index contributed by atoms with van der Waals surface area (Å²) in [5.41, 5.74) is 1.60. The third-order valence-corrected chi connectivity index (χ3v) is 7.63. The first-order valence-electron chi connectivity index (χ1n) is 7.80. The van der Waals surface area contributed by atoms with Crippen molar-refractivity contribution in [2.45, 2.75) is 10.6 Å². The summed E-state index contributed by atoms with van der Waals surface area (Å²) in [6, 6.07) is 15.4. The molecule has 0 aliphatic carbocycles. The zero-order valence-electron chi connectivity index (χ0n) is 14.1. The third-order valence-electron chi connectivity index (χ3n) is 3.64. The van der Waals surface area contributed by atoms with Crippen LogP contribution in [-0.4, -0.2) is 38.2 Å². The molecule has 1 unspecified atom stereocenters. The van der Waals surface area contributed by atoms with E-state index in [-0.39, 0.29) is 10.6 Å². The quantitative estimate of drug-likeness (QED) is 0.403. The summed E-state index contributed by atoms with van der Waals surface area (Å²) in [5.74, 6) is -0.615. The van der Waals surface area contributed by atoms with E-state index in [9.17, 15) is 13.2 Å². The lowest BCUT2D eigenvalue weighted by Crippen LogP contribution is -2.37. The van der Waals surface area contributed by atoms with Gasteiger partial charge in [0.15, 0.2) is 0 Å². The van der Waals surface area contributed by atoms with Gasteiger partial charge in [0.25, 0.3) is 0 Å². The third kappa shape index (κ3) is 5.56. The summed E-state index contributed by atoms with van der Waals surface area (Å²) in [4.78, 5) is 11.5. The highest BCUT2D eigenvalue weighted by Crippen LogP contribution is 2.23. The Kier molecular flexibility index (Phi) is 7.67. The van der Waals surface area contributed by atoms with Gasteiger partial charge in [0.2, 0.25) is 10.0 Å². The predicted octanol–water partition coefficient (Wildman–Crippen LogP) is 3.97. The highest BCUT2D eigenvalue weighted by Gasteiger charge is 2.25.